The number of aliphatic hydroxyl groups excluding tert-OH is 1. The highest BCUT2D eigenvalue weighted by molar-refractivity contribution is 7.98. The van der Waals surface area contributed by atoms with E-state index in [0.717, 1.165) is 6.92 Å². The molecule has 30 heteroatoms. The van der Waals surface area contributed by atoms with E-state index >= 15 is 0 Å². The Hall–Kier alpha value is -5.59. The molecule has 0 rings (SSSR count). The first-order chi connectivity index (χ1) is 32.9. The summed E-state index contributed by atoms with van der Waals surface area (Å²) in [5.41, 5.74) is 32.8. The van der Waals surface area contributed by atoms with E-state index in [2.05, 4.69) is 42.2 Å². The van der Waals surface area contributed by atoms with Crippen LogP contribution >= 0.6 is 35.3 Å². The van der Waals surface area contributed by atoms with Crippen molar-refractivity contribution in [3.8, 4) is 0 Å². The van der Waals surface area contributed by atoms with Crippen molar-refractivity contribution in [1.29, 1.82) is 0 Å². The van der Waals surface area contributed by atoms with Crippen LogP contribution in [-0.4, -0.2) is 178 Å². The summed E-state index contributed by atoms with van der Waals surface area (Å²) >= 11 is 4.03. The third kappa shape index (κ3) is 27.6. The molecular formula is C40H72N14O13S3. The van der Waals surface area contributed by atoms with Gasteiger partial charge in [-0.1, -0.05) is 0 Å². The predicted molar refractivity (Wildman–Crippen MR) is 265 cm³/mol. The standard InChI is InChI=1S/C40H72N14O13S3/c1-20(55)31(54-37(64)22(6-5-16-47-40(45)46)48-32(59)21(41)13-17-68-2)38(65)52-25(9-12-30(44)58)34(61)51-26(14-18-69-3)36(63)50-23(7-10-28(42)56)33(60)49-24(8-11-29(43)57)35(62)53-27(39(66)67)15-19-70-4/h20-27,31,55H,5-19,41H2,1-4H3,(H2,42,56)(H2,43,57)(H2,44,58)(H,48,59)(H,49,60)(H,50,63)(H,51,61)(H,52,65)(H,53,62)(H,54,64)(H,66,67)(H4,45,46,47)/t20-,21+,22+,23+,24+,25+,26+,27+,31+/m1/s1. The van der Waals surface area contributed by atoms with E-state index in [1.54, 1.807) is 12.5 Å². The SMILES string of the molecule is CSCC[C@H](NC(=O)[C@H](CCC(N)=O)NC(=O)[C@H](CCC(N)=O)NC(=O)[C@H](CCSC)NC(=O)[C@H](CCC(N)=O)NC(=O)[C@@H](NC(=O)[C@H](CCCN=C(N)N)NC(=O)[C@@H](N)CCSC)[C@@H](C)O)C(=O)O. The normalized spacial score (nSPS) is 14.8. The summed E-state index contributed by atoms with van der Waals surface area (Å²) in [5, 5.41) is 37.2. The molecule has 0 fully saturated rings. The van der Waals surface area contributed by atoms with Crippen molar-refractivity contribution in [3.05, 3.63) is 0 Å². The number of nitrogens with one attached hydrogen (secondary N) is 7. The van der Waals surface area contributed by atoms with E-state index < -0.39 is 152 Å². The largest absolute Gasteiger partial charge is 0.480 e. The van der Waals surface area contributed by atoms with Crippen molar-refractivity contribution >= 4 is 106 Å². The topological polar surface area (TPSA) is 481 Å². The zero-order valence-electron chi connectivity index (χ0n) is 39.8. The average Bonchev–Trinajstić information content (AvgIpc) is 3.28. The van der Waals surface area contributed by atoms with E-state index in [1.165, 1.54) is 35.3 Å². The van der Waals surface area contributed by atoms with Gasteiger partial charge in [-0.2, -0.15) is 35.3 Å². The first-order valence-electron chi connectivity index (χ1n) is 22.0. The molecular weight excluding hydrogens is 981 g/mol. The highest BCUT2D eigenvalue weighted by Crippen LogP contribution is 2.10. The van der Waals surface area contributed by atoms with Crippen LogP contribution in [0.5, 0.6) is 0 Å². The second-order valence-electron chi connectivity index (χ2n) is 15.8. The van der Waals surface area contributed by atoms with Crippen molar-refractivity contribution < 1.29 is 63.0 Å². The van der Waals surface area contributed by atoms with Gasteiger partial charge in [0.15, 0.2) is 5.96 Å². The van der Waals surface area contributed by atoms with Gasteiger partial charge in [-0.05, 0) is 94.3 Å². The number of nitrogens with two attached hydrogens (primary N) is 6. The molecule has 0 aromatic heterocycles. The Morgan fingerprint density at radius 3 is 1.17 bits per heavy atom. The molecule has 0 saturated heterocycles. The fourth-order valence-corrected chi connectivity index (χ4v) is 7.53. The van der Waals surface area contributed by atoms with Crippen LogP contribution in [0.25, 0.3) is 0 Å². The van der Waals surface area contributed by atoms with Gasteiger partial charge in [0.1, 0.15) is 42.3 Å². The van der Waals surface area contributed by atoms with Crippen LogP contribution in [-0.2, 0) is 52.7 Å². The van der Waals surface area contributed by atoms with Crippen LogP contribution in [0.3, 0.4) is 0 Å². The summed E-state index contributed by atoms with van der Waals surface area (Å²) in [6.07, 6.45) is 1.34. The Morgan fingerprint density at radius 1 is 0.471 bits per heavy atom. The lowest BCUT2D eigenvalue weighted by atomic mass is 10.0. The number of aliphatic hydroxyl groups is 1. The molecule has 9 atom stereocenters. The Kier molecular flexibility index (Phi) is 32.7. The van der Waals surface area contributed by atoms with Crippen molar-refractivity contribution in [2.24, 2.45) is 39.4 Å². The zero-order valence-corrected chi connectivity index (χ0v) is 42.3. The fraction of sp³-hybridized carbons (Fsp3) is 0.700. The number of carbonyl (C=O) groups is 11. The Morgan fingerprint density at radius 2 is 0.800 bits per heavy atom. The molecule has 0 unspecified atom stereocenters. The molecule has 70 heavy (non-hydrogen) atoms. The lowest BCUT2D eigenvalue weighted by Crippen LogP contribution is -2.61. The third-order valence-electron chi connectivity index (χ3n) is 10.0. The first-order valence-corrected chi connectivity index (χ1v) is 26.2. The van der Waals surface area contributed by atoms with Crippen molar-refractivity contribution in [3.63, 3.8) is 0 Å². The molecule has 0 aliphatic carbocycles. The Bertz CT molecular complexity index is 1810. The monoisotopic (exact) mass is 1050 g/mol. The number of primary amides is 3. The van der Waals surface area contributed by atoms with Crippen molar-refractivity contribution in [1.82, 2.24) is 37.2 Å². The number of amides is 10. The van der Waals surface area contributed by atoms with E-state index in [9.17, 15) is 63.0 Å². The second-order valence-corrected chi connectivity index (χ2v) is 18.8. The highest BCUT2D eigenvalue weighted by atomic mass is 32.2. The van der Waals surface area contributed by atoms with Crippen LogP contribution in [0.1, 0.15) is 77.6 Å². The molecule has 0 radical (unpaired) electrons. The lowest BCUT2D eigenvalue weighted by Gasteiger charge is -2.28. The summed E-state index contributed by atoms with van der Waals surface area (Å²) in [6, 6.07) is -11.7. The van der Waals surface area contributed by atoms with Gasteiger partial charge in [-0.3, -0.25) is 52.9 Å². The maximum Gasteiger partial charge on any atom is 0.326 e. The summed E-state index contributed by atoms with van der Waals surface area (Å²) in [5.74, 6) is -9.87. The van der Waals surface area contributed by atoms with E-state index in [4.69, 9.17) is 34.4 Å². The summed E-state index contributed by atoms with van der Waals surface area (Å²) in [7, 11) is 0. The van der Waals surface area contributed by atoms with Gasteiger partial charge >= 0.3 is 5.97 Å². The molecule has 0 aromatic rings. The van der Waals surface area contributed by atoms with Crippen molar-refractivity contribution in [2.45, 2.75) is 132 Å². The number of nitrogens with zero attached hydrogens (tertiary/aromatic N) is 1. The van der Waals surface area contributed by atoms with Crippen LogP contribution in [0.4, 0.5) is 0 Å². The number of hydrogen-bond acceptors (Lipinski definition) is 17. The highest BCUT2D eigenvalue weighted by Gasteiger charge is 2.36. The number of aliphatic carboxylic acids is 1. The number of guanidine groups is 1. The van der Waals surface area contributed by atoms with Gasteiger partial charge in [-0.15, -0.1) is 0 Å². The molecule has 0 aliphatic heterocycles. The van der Waals surface area contributed by atoms with Crippen molar-refractivity contribution in [2.75, 3.05) is 42.6 Å². The van der Waals surface area contributed by atoms with E-state index in [-0.39, 0.29) is 56.8 Å². The third-order valence-corrected chi connectivity index (χ3v) is 11.9. The molecule has 27 nitrogen and oxygen atoms in total. The van der Waals surface area contributed by atoms with E-state index in [0.29, 0.717) is 11.5 Å². The predicted octanol–water partition coefficient (Wildman–Crippen LogP) is -5.72. The maximum absolute atomic E-state index is 14.0. The van der Waals surface area contributed by atoms with Gasteiger partial charge in [0, 0.05) is 25.8 Å². The molecule has 398 valence electrons. The first kappa shape index (κ1) is 64.4. The van der Waals surface area contributed by atoms with Crippen LogP contribution in [0.2, 0.25) is 0 Å². The number of aliphatic imine (C=N–C) groups is 1. The Balaban J connectivity index is 6.67. The molecule has 21 N–H and O–H groups in total. The number of carboxylic acid groups (broad SMARTS) is 1. The Labute approximate surface area is 418 Å². The number of thioether (sulfide) groups is 3. The van der Waals surface area contributed by atoms with Crippen LogP contribution in [0.15, 0.2) is 4.99 Å². The van der Waals surface area contributed by atoms with Gasteiger partial charge < -0.3 is 81.8 Å². The number of carboxylic acids is 1. The lowest BCUT2D eigenvalue weighted by molar-refractivity contribution is -0.142. The van der Waals surface area contributed by atoms with Gasteiger partial charge in [0.05, 0.1) is 12.1 Å². The van der Waals surface area contributed by atoms with Gasteiger partial charge in [0.25, 0.3) is 0 Å². The summed E-state index contributed by atoms with van der Waals surface area (Å²) in [4.78, 5) is 146. The molecule has 10 amide bonds. The molecule has 0 saturated carbocycles. The van der Waals surface area contributed by atoms with Gasteiger partial charge in [-0.25, -0.2) is 4.79 Å². The van der Waals surface area contributed by atoms with Crippen LogP contribution < -0.4 is 71.6 Å². The number of rotatable bonds is 38. The molecule has 0 aromatic carbocycles. The number of carbonyl (C=O) groups excluding carboxylic acids is 10. The molecule has 0 spiro atoms. The van der Waals surface area contributed by atoms with E-state index in [1.807, 2.05) is 6.26 Å². The van der Waals surface area contributed by atoms with Gasteiger partial charge in [0.2, 0.25) is 59.1 Å². The minimum Gasteiger partial charge on any atom is -0.480 e. The zero-order chi connectivity index (χ0) is 53.5. The minimum atomic E-state index is -1.77. The smallest absolute Gasteiger partial charge is 0.326 e. The molecule has 0 bridgehead atoms. The fourth-order valence-electron chi connectivity index (χ4n) is 6.10. The second kappa shape index (κ2) is 35.5. The minimum absolute atomic E-state index is 0.0175. The summed E-state index contributed by atoms with van der Waals surface area (Å²) in [6.45, 7) is 1.23. The van der Waals surface area contributed by atoms with Crippen LogP contribution in [0, 0.1) is 0 Å². The average molecular weight is 1050 g/mol. The maximum atomic E-state index is 14.0. The summed E-state index contributed by atoms with van der Waals surface area (Å²) < 4.78 is 0. The quantitative estimate of drug-likeness (QED) is 0.0156. The molecule has 0 aliphatic rings. The number of hydrogen-bond donors (Lipinski definition) is 15. The molecule has 0 heterocycles.